The summed E-state index contributed by atoms with van der Waals surface area (Å²) in [6, 6.07) is 16.4. The first-order valence-corrected chi connectivity index (χ1v) is 10.4. The number of nitrogens with zero attached hydrogens (tertiary/aromatic N) is 2. The molecule has 1 unspecified atom stereocenters. The number of amides is 2. The van der Waals surface area contributed by atoms with Crippen LogP contribution in [0.25, 0.3) is 0 Å². The zero-order valence-electron chi connectivity index (χ0n) is 17.5. The third-order valence-electron chi connectivity index (χ3n) is 5.47. The fourth-order valence-corrected chi connectivity index (χ4v) is 3.75. The highest BCUT2D eigenvalue weighted by atomic mass is 19.1. The lowest BCUT2D eigenvalue weighted by molar-refractivity contribution is 0.192. The van der Waals surface area contributed by atoms with Crippen LogP contribution in [0.2, 0.25) is 0 Å². The molecule has 1 aliphatic rings. The molecule has 0 bridgehead atoms. The Morgan fingerprint density at radius 3 is 2.52 bits per heavy atom. The highest BCUT2D eigenvalue weighted by Gasteiger charge is 2.34. The Hall–Kier alpha value is -2.69. The fraction of sp³-hybridized carbons (Fsp3) is 0.417. The lowest BCUT2D eigenvalue weighted by Gasteiger charge is -2.28. The number of carbonyl (C=O) groups excluding carboxylic acids is 1. The zero-order valence-corrected chi connectivity index (χ0v) is 17.5. The highest BCUT2D eigenvalue weighted by molar-refractivity contribution is 5.94. The Bertz CT molecular complexity index is 863. The van der Waals surface area contributed by atoms with E-state index in [0.717, 1.165) is 37.0 Å². The van der Waals surface area contributed by atoms with E-state index in [-0.39, 0.29) is 17.8 Å². The molecule has 0 aliphatic carbocycles. The van der Waals surface area contributed by atoms with Crippen LogP contribution in [0.4, 0.5) is 9.18 Å². The van der Waals surface area contributed by atoms with Crippen molar-refractivity contribution in [3.8, 4) is 0 Å². The first-order valence-electron chi connectivity index (χ1n) is 10.4. The molecular formula is C24H30FN3O. The van der Waals surface area contributed by atoms with Crippen molar-refractivity contribution in [2.24, 2.45) is 5.10 Å². The average Bonchev–Trinajstić information content (AvgIpc) is 3.13. The first-order chi connectivity index (χ1) is 13.9. The van der Waals surface area contributed by atoms with E-state index in [9.17, 15) is 9.18 Å². The molecule has 0 spiro atoms. The molecule has 4 nitrogen and oxygen atoms in total. The predicted molar refractivity (Wildman–Crippen MR) is 115 cm³/mol. The van der Waals surface area contributed by atoms with Gasteiger partial charge in [0.2, 0.25) is 0 Å². The summed E-state index contributed by atoms with van der Waals surface area (Å²) in [5.41, 5.74) is 1.98. The van der Waals surface area contributed by atoms with Crippen molar-refractivity contribution in [1.82, 2.24) is 10.3 Å². The summed E-state index contributed by atoms with van der Waals surface area (Å²) in [5.74, 6) is -0.439. The van der Waals surface area contributed by atoms with E-state index in [4.69, 9.17) is 0 Å². The number of nitrogens with one attached hydrogen (secondary N) is 1. The van der Waals surface area contributed by atoms with Gasteiger partial charge in [0.15, 0.2) is 0 Å². The number of benzene rings is 2. The van der Waals surface area contributed by atoms with Gasteiger partial charge in [-0.25, -0.2) is 14.2 Å². The van der Waals surface area contributed by atoms with Gasteiger partial charge in [-0.2, -0.15) is 5.10 Å². The van der Waals surface area contributed by atoms with Crippen molar-refractivity contribution in [3.63, 3.8) is 0 Å². The van der Waals surface area contributed by atoms with Gasteiger partial charge in [0.05, 0.1) is 12.1 Å². The van der Waals surface area contributed by atoms with Crippen molar-refractivity contribution in [3.05, 3.63) is 71.5 Å². The normalized spacial score (nSPS) is 16.6. The SMILES string of the molecule is CCCCCC1=NN(C(=O)NC(C)(C)c2ccccc2)CC1c1ccccc1F. The van der Waals surface area contributed by atoms with E-state index in [1.807, 2.05) is 50.2 Å². The third kappa shape index (κ3) is 5.03. The second-order valence-electron chi connectivity index (χ2n) is 8.13. The zero-order chi connectivity index (χ0) is 20.9. The van der Waals surface area contributed by atoms with Gasteiger partial charge in [-0.3, -0.25) is 0 Å². The number of unbranched alkanes of at least 4 members (excludes halogenated alkanes) is 2. The lowest BCUT2D eigenvalue weighted by atomic mass is 9.91. The molecule has 3 rings (SSSR count). The van der Waals surface area contributed by atoms with E-state index in [0.29, 0.717) is 12.1 Å². The molecule has 0 aromatic heterocycles. The molecule has 1 N–H and O–H groups in total. The first kappa shape index (κ1) is 21.0. The Morgan fingerprint density at radius 2 is 1.83 bits per heavy atom. The minimum absolute atomic E-state index is 0.196. The molecule has 5 heteroatoms. The van der Waals surface area contributed by atoms with Crippen LogP contribution < -0.4 is 5.32 Å². The summed E-state index contributed by atoms with van der Waals surface area (Å²) >= 11 is 0. The van der Waals surface area contributed by atoms with Crippen LogP contribution in [-0.4, -0.2) is 23.3 Å². The number of hydrogen-bond acceptors (Lipinski definition) is 2. The maximum atomic E-state index is 14.4. The molecule has 2 amide bonds. The van der Waals surface area contributed by atoms with Crippen LogP contribution in [0.15, 0.2) is 59.7 Å². The van der Waals surface area contributed by atoms with Crippen LogP contribution in [0, 0.1) is 5.82 Å². The smallest absolute Gasteiger partial charge is 0.328 e. The van der Waals surface area contributed by atoms with Crippen molar-refractivity contribution in [2.45, 2.75) is 57.9 Å². The Morgan fingerprint density at radius 1 is 1.14 bits per heavy atom. The second kappa shape index (κ2) is 9.21. The molecule has 0 saturated heterocycles. The highest BCUT2D eigenvalue weighted by Crippen LogP contribution is 2.30. The van der Waals surface area contributed by atoms with E-state index in [2.05, 4.69) is 17.3 Å². The summed E-state index contributed by atoms with van der Waals surface area (Å²) < 4.78 is 14.4. The van der Waals surface area contributed by atoms with Gasteiger partial charge >= 0.3 is 6.03 Å². The summed E-state index contributed by atoms with van der Waals surface area (Å²) in [7, 11) is 0. The molecule has 154 valence electrons. The minimum Gasteiger partial charge on any atom is -0.328 e. The van der Waals surface area contributed by atoms with Crippen LogP contribution >= 0.6 is 0 Å². The van der Waals surface area contributed by atoms with Gasteiger partial charge in [0.1, 0.15) is 5.82 Å². The second-order valence-corrected chi connectivity index (χ2v) is 8.13. The summed E-state index contributed by atoms with van der Waals surface area (Å²) in [6.45, 7) is 6.45. The standard InChI is InChI=1S/C24H30FN3O/c1-4-5-7-16-22-20(19-14-10-11-15-21(19)25)17-28(27-22)23(29)26-24(2,3)18-12-8-6-9-13-18/h6,8-15,20H,4-5,7,16-17H2,1-3H3,(H,26,29). The lowest BCUT2D eigenvalue weighted by Crippen LogP contribution is -2.46. The number of halogens is 1. The Labute approximate surface area is 172 Å². The van der Waals surface area contributed by atoms with Gasteiger partial charge in [-0.1, -0.05) is 68.3 Å². The number of hydrogen-bond donors (Lipinski definition) is 1. The minimum atomic E-state index is -0.535. The number of urea groups is 1. The average molecular weight is 396 g/mol. The third-order valence-corrected chi connectivity index (χ3v) is 5.47. The van der Waals surface area contributed by atoms with Gasteiger partial charge in [0, 0.05) is 11.6 Å². The molecule has 1 heterocycles. The van der Waals surface area contributed by atoms with Crippen molar-refractivity contribution < 1.29 is 9.18 Å². The Balaban J connectivity index is 1.78. The van der Waals surface area contributed by atoms with Crippen molar-refractivity contribution in [2.75, 3.05) is 6.54 Å². The summed E-state index contributed by atoms with van der Waals surface area (Å²) in [5, 5.41) is 9.14. The molecule has 0 radical (unpaired) electrons. The fourth-order valence-electron chi connectivity index (χ4n) is 3.75. The molecule has 1 aliphatic heterocycles. The van der Waals surface area contributed by atoms with Crippen molar-refractivity contribution >= 4 is 11.7 Å². The quantitative estimate of drug-likeness (QED) is 0.591. The van der Waals surface area contributed by atoms with E-state index >= 15 is 0 Å². The molecule has 29 heavy (non-hydrogen) atoms. The topological polar surface area (TPSA) is 44.7 Å². The summed E-state index contributed by atoms with van der Waals surface area (Å²) in [4.78, 5) is 13.0. The molecule has 0 fully saturated rings. The Kier molecular flexibility index (Phi) is 6.68. The van der Waals surface area contributed by atoms with Gasteiger partial charge in [-0.15, -0.1) is 0 Å². The largest absolute Gasteiger partial charge is 0.338 e. The number of hydrazone groups is 1. The van der Waals surface area contributed by atoms with Crippen LogP contribution in [0.3, 0.4) is 0 Å². The molecule has 2 aromatic rings. The number of rotatable bonds is 7. The number of carbonyl (C=O) groups is 1. The monoisotopic (exact) mass is 395 g/mol. The molecule has 1 atom stereocenters. The summed E-state index contributed by atoms with van der Waals surface area (Å²) in [6.07, 6.45) is 3.97. The van der Waals surface area contributed by atoms with Gasteiger partial charge in [0.25, 0.3) is 0 Å². The molecule has 2 aromatic carbocycles. The van der Waals surface area contributed by atoms with Gasteiger partial charge < -0.3 is 5.32 Å². The van der Waals surface area contributed by atoms with E-state index in [1.165, 1.54) is 11.1 Å². The predicted octanol–water partition coefficient (Wildman–Crippen LogP) is 5.81. The van der Waals surface area contributed by atoms with E-state index < -0.39 is 5.54 Å². The van der Waals surface area contributed by atoms with Crippen LogP contribution in [-0.2, 0) is 5.54 Å². The molecular weight excluding hydrogens is 365 g/mol. The van der Waals surface area contributed by atoms with Gasteiger partial charge in [-0.05, 0) is 43.9 Å². The van der Waals surface area contributed by atoms with Crippen LogP contribution in [0.5, 0.6) is 0 Å². The van der Waals surface area contributed by atoms with Crippen LogP contribution in [0.1, 0.15) is 63.5 Å². The van der Waals surface area contributed by atoms with E-state index in [1.54, 1.807) is 12.1 Å². The van der Waals surface area contributed by atoms with Crippen molar-refractivity contribution in [1.29, 1.82) is 0 Å². The maximum Gasteiger partial charge on any atom is 0.338 e. The molecule has 0 saturated carbocycles. The maximum absolute atomic E-state index is 14.4.